The van der Waals surface area contributed by atoms with Gasteiger partial charge < -0.3 is 9.47 Å². The average molecular weight is 487 g/mol. The second kappa shape index (κ2) is 10.0. The molecule has 0 aliphatic carbocycles. The lowest BCUT2D eigenvalue weighted by atomic mass is 9.90. The fourth-order valence-electron chi connectivity index (χ4n) is 4.92. The van der Waals surface area contributed by atoms with Gasteiger partial charge >= 0.3 is 0 Å². The van der Waals surface area contributed by atoms with Gasteiger partial charge in [0, 0.05) is 0 Å². The van der Waals surface area contributed by atoms with Crippen molar-refractivity contribution < 1.29 is 23.9 Å². The lowest BCUT2D eigenvalue weighted by molar-refractivity contribution is -0.126. The minimum absolute atomic E-state index is 0.273. The van der Waals surface area contributed by atoms with Crippen LogP contribution in [0.15, 0.2) is 72.8 Å². The van der Waals surface area contributed by atoms with Gasteiger partial charge in [0.2, 0.25) is 5.91 Å². The number of methoxy groups -OCH3 is 1. The zero-order chi connectivity index (χ0) is 25.2. The van der Waals surface area contributed by atoms with E-state index in [-0.39, 0.29) is 11.8 Å². The van der Waals surface area contributed by atoms with Crippen LogP contribution in [0, 0.1) is 12.8 Å². The van der Waals surface area contributed by atoms with Crippen LogP contribution in [-0.2, 0) is 14.4 Å². The summed E-state index contributed by atoms with van der Waals surface area (Å²) in [5, 5.41) is 1.69. The molecule has 0 spiro atoms. The maximum atomic E-state index is 13.8. The molecule has 2 amide bonds. The molecule has 5 rings (SSSR count). The van der Waals surface area contributed by atoms with Crippen molar-refractivity contribution in [3.8, 4) is 11.5 Å². The smallest absolute Gasteiger partial charge is 0.266 e. The van der Waals surface area contributed by atoms with Crippen LogP contribution in [0.25, 0.3) is 0 Å². The van der Waals surface area contributed by atoms with Gasteiger partial charge in [-0.1, -0.05) is 55.8 Å². The highest BCUT2D eigenvalue weighted by molar-refractivity contribution is 6.24. The Balaban J connectivity index is 1.56. The van der Waals surface area contributed by atoms with E-state index in [0.717, 1.165) is 29.7 Å². The minimum Gasteiger partial charge on any atom is -0.493 e. The summed E-state index contributed by atoms with van der Waals surface area (Å²) < 4.78 is 11.5. The van der Waals surface area contributed by atoms with Gasteiger partial charge in [-0.05, 0) is 54.8 Å². The number of unbranched alkanes of at least 4 members (excludes halogenated alkanes) is 1. The first-order valence-corrected chi connectivity index (χ1v) is 12.3. The monoisotopic (exact) mass is 486 g/mol. The number of ether oxygens (including phenoxy) is 2. The third kappa shape index (κ3) is 4.09. The molecule has 2 heterocycles. The molecule has 0 aromatic heterocycles. The van der Waals surface area contributed by atoms with Gasteiger partial charge in [-0.25, -0.2) is 9.96 Å². The Kier molecular flexibility index (Phi) is 6.65. The molecule has 0 saturated carbocycles. The highest BCUT2D eigenvalue weighted by atomic mass is 16.7. The van der Waals surface area contributed by atoms with Gasteiger partial charge in [-0.15, -0.1) is 0 Å². The Bertz CT molecular complexity index is 1260. The van der Waals surface area contributed by atoms with Crippen LogP contribution in [0.5, 0.6) is 11.5 Å². The van der Waals surface area contributed by atoms with Gasteiger partial charge in [0.05, 0.1) is 31.1 Å². The number of aryl methyl sites for hydroxylation is 1. The number of hydrogen-bond acceptors (Lipinski definition) is 6. The number of para-hydroxylation sites is 2. The number of hydroxylamine groups is 1. The van der Waals surface area contributed by atoms with Crippen molar-refractivity contribution in [2.45, 2.75) is 38.8 Å². The number of nitrogens with zero attached hydrogens (tertiary/aromatic N) is 2. The van der Waals surface area contributed by atoms with E-state index in [9.17, 15) is 9.59 Å². The first-order chi connectivity index (χ1) is 17.5. The van der Waals surface area contributed by atoms with Crippen LogP contribution in [0.2, 0.25) is 0 Å². The Morgan fingerprint density at radius 3 is 2.39 bits per heavy atom. The molecule has 3 atom stereocenters. The third-order valence-corrected chi connectivity index (χ3v) is 6.77. The predicted octanol–water partition coefficient (Wildman–Crippen LogP) is 5.23. The molecule has 2 fully saturated rings. The number of carbonyl (C=O) groups excluding carboxylic acids is 2. The van der Waals surface area contributed by atoms with E-state index < -0.39 is 18.1 Å². The summed E-state index contributed by atoms with van der Waals surface area (Å²) in [7, 11) is 1.60. The second-order valence-corrected chi connectivity index (χ2v) is 9.07. The van der Waals surface area contributed by atoms with E-state index in [1.54, 1.807) is 18.2 Å². The Hall–Kier alpha value is -3.84. The lowest BCUT2D eigenvalue weighted by Gasteiger charge is -2.29. The molecule has 2 saturated heterocycles. The van der Waals surface area contributed by atoms with Crippen molar-refractivity contribution in [1.29, 1.82) is 0 Å². The molecule has 3 aromatic rings. The minimum atomic E-state index is -0.922. The summed E-state index contributed by atoms with van der Waals surface area (Å²) in [6, 6.07) is 22.1. The molecule has 36 heavy (non-hydrogen) atoms. The molecule has 7 heteroatoms. The quantitative estimate of drug-likeness (QED) is 0.321. The fraction of sp³-hybridized carbons (Fsp3) is 0.310. The highest BCUT2D eigenvalue weighted by Gasteiger charge is 2.60. The van der Waals surface area contributed by atoms with Crippen LogP contribution in [0.3, 0.4) is 0 Å². The van der Waals surface area contributed by atoms with E-state index in [0.29, 0.717) is 23.8 Å². The van der Waals surface area contributed by atoms with Crippen LogP contribution in [-0.4, -0.2) is 31.6 Å². The Morgan fingerprint density at radius 2 is 1.67 bits per heavy atom. The average Bonchev–Trinajstić information content (AvgIpc) is 3.41. The largest absolute Gasteiger partial charge is 0.493 e. The number of anilines is 2. The van der Waals surface area contributed by atoms with Crippen molar-refractivity contribution in [3.63, 3.8) is 0 Å². The number of benzene rings is 3. The van der Waals surface area contributed by atoms with Crippen LogP contribution in [0.1, 0.15) is 36.9 Å². The first-order valence-electron chi connectivity index (χ1n) is 12.3. The Labute approximate surface area is 211 Å². The molecular formula is C29H30N2O5. The fourth-order valence-corrected chi connectivity index (χ4v) is 4.92. The first kappa shape index (κ1) is 23.9. The van der Waals surface area contributed by atoms with Crippen LogP contribution in [0.4, 0.5) is 11.4 Å². The van der Waals surface area contributed by atoms with E-state index in [1.165, 1.54) is 4.90 Å². The molecule has 0 N–H and O–H groups in total. The van der Waals surface area contributed by atoms with Gasteiger partial charge in [0.25, 0.3) is 5.91 Å². The summed E-state index contributed by atoms with van der Waals surface area (Å²) in [5.41, 5.74) is 3.01. The number of fused-ring (bicyclic) bond motifs is 1. The maximum Gasteiger partial charge on any atom is 0.266 e. The molecule has 0 bridgehead atoms. The van der Waals surface area contributed by atoms with E-state index in [2.05, 4.69) is 6.92 Å². The molecule has 3 aromatic carbocycles. The molecule has 0 radical (unpaired) electrons. The number of rotatable bonds is 8. The zero-order valence-corrected chi connectivity index (χ0v) is 20.7. The van der Waals surface area contributed by atoms with Crippen molar-refractivity contribution in [1.82, 2.24) is 0 Å². The maximum absolute atomic E-state index is 13.8. The van der Waals surface area contributed by atoms with Gasteiger partial charge in [-0.3, -0.25) is 14.4 Å². The number of carbonyl (C=O) groups is 2. The van der Waals surface area contributed by atoms with Crippen molar-refractivity contribution in [2.24, 2.45) is 5.92 Å². The van der Waals surface area contributed by atoms with Crippen LogP contribution >= 0.6 is 0 Å². The molecule has 2 aliphatic rings. The Morgan fingerprint density at radius 1 is 0.917 bits per heavy atom. The predicted molar refractivity (Wildman–Crippen MR) is 137 cm³/mol. The van der Waals surface area contributed by atoms with E-state index in [4.69, 9.17) is 14.3 Å². The molecule has 2 aliphatic heterocycles. The highest BCUT2D eigenvalue weighted by Crippen LogP contribution is 2.49. The summed E-state index contributed by atoms with van der Waals surface area (Å²) in [6.45, 7) is 4.59. The summed E-state index contributed by atoms with van der Waals surface area (Å²) in [4.78, 5) is 34.9. The standard InChI is InChI=1S/C29H30N2O5/c1-4-5-17-35-23-16-15-20(18-24(23)34-3)26-25-27(36-31(26)21-12-7-6-8-13-21)29(33)30(28(25)32)22-14-10-9-11-19(22)2/h6-16,18,25-27H,4-5,17H2,1-3H3/t25-,26-,27+/m0/s1. The van der Waals surface area contributed by atoms with Crippen molar-refractivity contribution >= 4 is 23.2 Å². The normalized spacial score (nSPS) is 21.1. The van der Waals surface area contributed by atoms with Gasteiger partial charge in [0.1, 0.15) is 5.92 Å². The summed E-state index contributed by atoms with van der Waals surface area (Å²) in [6.07, 6.45) is 1.05. The summed E-state index contributed by atoms with van der Waals surface area (Å²) in [5.74, 6) is -0.118. The topological polar surface area (TPSA) is 68.3 Å². The molecule has 186 valence electrons. The van der Waals surface area contributed by atoms with Crippen LogP contribution < -0.4 is 19.4 Å². The van der Waals surface area contributed by atoms with Crippen molar-refractivity contribution in [2.75, 3.05) is 23.7 Å². The van der Waals surface area contributed by atoms with Gasteiger partial charge in [0.15, 0.2) is 17.6 Å². The molecular weight excluding hydrogens is 456 g/mol. The number of hydrogen-bond donors (Lipinski definition) is 0. The molecule has 7 nitrogen and oxygen atoms in total. The number of imide groups is 1. The van der Waals surface area contributed by atoms with Crippen molar-refractivity contribution in [3.05, 3.63) is 83.9 Å². The number of amides is 2. The lowest BCUT2D eigenvalue weighted by Crippen LogP contribution is -2.37. The SMILES string of the molecule is CCCCOc1ccc([C@H]2[C@@H]3C(=O)N(c4ccccc4C)C(=O)[C@@H]3ON2c2ccccc2)cc1OC. The van der Waals surface area contributed by atoms with E-state index in [1.807, 2.05) is 73.7 Å². The summed E-state index contributed by atoms with van der Waals surface area (Å²) >= 11 is 0. The second-order valence-electron chi connectivity index (χ2n) is 9.07. The zero-order valence-electron chi connectivity index (χ0n) is 20.7. The van der Waals surface area contributed by atoms with E-state index >= 15 is 0 Å². The molecule has 0 unspecified atom stereocenters. The van der Waals surface area contributed by atoms with Gasteiger partial charge in [-0.2, -0.15) is 0 Å². The third-order valence-electron chi connectivity index (χ3n) is 6.77.